The highest BCUT2D eigenvalue weighted by Crippen LogP contribution is 2.27. The molecule has 19 heavy (non-hydrogen) atoms. The van der Waals surface area contributed by atoms with E-state index in [2.05, 4.69) is 24.4 Å². The summed E-state index contributed by atoms with van der Waals surface area (Å²) in [4.78, 5) is 1.19. The van der Waals surface area contributed by atoms with Crippen molar-refractivity contribution in [2.24, 2.45) is 0 Å². The molecule has 2 unspecified atom stereocenters. The van der Waals surface area contributed by atoms with Crippen molar-refractivity contribution in [2.75, 3.05) is 6.61 Å². The normalized spacial score (nSPS) is 14.3. The number of nitrogens with one attached hydrogen (secondary N) is 1. The average molecular weight is 296 g/mol. The van der Waals surface area contributed by atoms with E-state index in [4.69, 9.17) is 11.6 Å². The molecule has 0 bridgehead atoms. The zero-order valence-corrected chi connectivity index (χ0v) is 12.4. The molecule has 0 aliphatic rings. The second-order valence-corrected chi connectivity index (χ2v) is 6.35. The minimum Gasteiger partial charge on any atom is -0.395 e. The molecule has 2 rings (SSSR count). The van der Waals surface area contributed by atoms with Crippen LogP contribution in [0.4, 0.5) is 0 Å². The maximum absolute atomic E-state index is 9.50. The van der Waals surface area contributed by atoms with Crippen LogP contribution in [0.25, 0.3) is 0 Å². The van der Waals surface area contributed by atoms with Crippen molar-refractivity contribution in [2.45, 2.75) is 25.4 Å². The Kier molecular flexibility index (Phi) is 5.40. The van der Waals surface area contributed by atoms with Gasteiger partial charge in [-0.15, -0.1) is 11.3 Å². The lowest BCUT2D eigenvalue weighted by Crippen LogP contribution is -2.36. The summed E-state index contributed by atoms with van der Waals surface area (Å²) < 4.78 is 0.798. The minimum atomic E-state index is 0.0540. The van der Waals surface area contributed by atoms with Crippen LogP contribution in [0.2, 0.25) is 4.34 Å². The predicted molar refractivity (Wildman–Crippen MR) is 81.9 cm³/mol. The van der Waals surface area contributed by atoms with Gasteiger partial charge in [-0.2, -0.15) is 0 Å². The molecule has 2 nitrogen and oxygen atoms in total. The van der Waals surface area contributed by atoms with Crippen LogP contribution in [0, 0.1) is 0 Å². The molecule has 4 heteroatoms. The van der Waals surface area contributed by atoms with Crippen molar-refractivity contribution in [3.05, 3.63) is 57.2 Å². The Morgan fingerprint density at radius 1 is 1.21 bits per heavy atom. The van der Waals surface area contributed by atoms with E-state index in [1.165, 1.54) is 10.4 Å². The van der Waals surface area contributed by atoms with Crippen LogP contribution >= 0.6 is 22.9 Å². The molecular formula is C15H18ClNOS. The van der Waals surface area contributed by atoms with Gasteiger partial charge in [0.25, 0.3) is 0 Å². The van der Waals surface area contributed by atoms with Crippen LogP contribution in [0.1, 0.15) is 23.4 Å². The molecule has 0 spiro atoms. The fraction of sp³-hybridized carbons (Fsp3) is 0.333. The molecule has 1 aromatic heterocycles. The highest BCUT2D eigenvalue weighted by Gasteiger charge is 2.14. The summed E-state index contributed by atoms with van der Waals surface area (Å²) in [7, 11) is 0. The summed E-state index contributed by atoms with van der Waals surface area (Å²) in [5.74, 6) is 0. The lowest BCUT2D eigenvalue weighted by Gasteiger charge is -2.21. The number of hydrogen-bond acceptors (Lipinski definition) is 3. The number of benzene rings is 1. The number of aliphatic hydroxyl groups excluding tert-OH is 1. The SMILES string of the molecule is CC(NC(CO)Cc1ccccc1)c1ccc(Cl)s1. The maximum Gasteiger partial charge on any atom is 0.0931 e. The number of aliphatic hydroxyl groups is 1. The Hall–Kier alpha value is -0.870. The van der Waals surface area contributed by atoms with Gasteiger partial charge < -0.3 is 10.4 Å². The summed E-state index contributed by atoms with van der Waals surface area (Å²) >= 11 is 7.52. The molecule has 102 valence electrons. The van der Waals surface area contributed by atoms with Gasteiger partial charge in [0, 0.05) is 17.0 Å². The molecule has 0 aliphatic carbocycles. The Morgan fingerprint density at radius 3 is 2.53 bits per heavy atom. The highest BCUT2D eigenvalue weighted by molar-refractivity contribution is 7.16. The van der Waals surface area contributed by atoms with Crippen molar-refractivity contribution in [3.63, 3.8) is 0 Å². The Bertz CT molecular complexity index is 500. The number of thiophene rings is 1. The topological polar surface area (TPSA) is 32.3 Å². The quantitative estimate of drug-likeness (QED) is 0.852. The summed E-state index contributed by atoms with van der Waals surface area (Å²) in [6.07, 6.45) is 0.820. The summed E-state index contributed by atoms with van der Waals surface area (Å²) in [5, 5.41) is 12.9. The van der Waals surface area contributed by atoms with Gasteiger partial charge in [0.05, 0.1) is 10.9 Å². The minimum absolute atomic E-state index is 0.0540. The van der Waals surface area contributed by atoms with E-state index in [9.17, 15) is 5.11 Å². The van der Waals surface area contributed by atoms with E-state index in [0.29, 0.717) is 0 Å². The molecule has 2 atom stereocenters. The van der Waals surface area contributed by atoms with Crippen LogP contribution < -0.4 is 5.32 Å². The third kappa shape index (κ3) is 4.32. The Labute approximate surface area is 123 Å². The van der Waals surface area contributed by atoms with Gasteiger partial charge in [0.1, 0.15) is 0 Å². The van der Waals surface area contributed by atoms with Gasteiger partial charge in [0.15, 0.2) is 0 Å². The fourth-order valence-electron chi connectivity index (χ4n) is 2.07. The van der Waals surface area contributed by atoms with E-state index < -0.39 is 0 Å². The van der Waals surface area contributed by atoms with Crippen molar-refractivity contribution < 1.29 is 5.11 Å². The number of halogens is 1. The van der Waals surface area contributed by atoms with Crippen molar-refractivity contribution in [1.82, 2.24) is 5.32 Å². The largest absolute Gasteiger partial charge is 0.395 e. The smallest absolute Gasteiger partial charge is 0.0931 e. The first kappa shape index (κ1) is 14.5. The second kappa shape index (κ2) is 7.06. The van der Waals surface area contributed by atoms with E-state index in [-0.39, 0.29) is 18.7 Å². The third-order valence-corrected chi connectivity index (χ3v) is 4.47. The first-order chi connectivity index (χ1) is 9.19. The molecule has 0 aliphatic heterocycles. The van der Waals surface area contributed by atoms with Crippen LogP contribution in [-0.4, -0.2) is 17.8 Å². The van der Waals surface area contributed by atoms with Crippen LogP contribution in [-0.2, 0) is 6.42 Å². The molecular weight excluding hydrogens is 278 g/mol. The van der Waals surface area contributed by atoms with E-state index >= 15 is 0 Å². The van der Waals surface area contributed by atoms with Crippen LogP contribution in [0.15, 0.2) is 42.5 Å². The zero-order valence-electron chi connectivity index (χ0n) is 10.8. The van der Waals surface area contributed by atoms with Gasteiger partial charge in [-0.05, 0) is 31.0 Å². The molecule has 0 fully saturated rings. The standard InChI is InChI=1S/C15H18ClNOS/c1-11(14-7-8-15(16)19-14)17-13(10-18)9-12-5-3-2-4-6-12/h2-8,11,13,17-18H,9-10H2,1H3. The summed E-state index contributed by atoms with van der Waals surface area (Å²) in [6, 6.07) is 14.4. The monoisotopic (exact) mass is 295 g/mol. The van der Waals surface area contributed by atoms with Gasteiger partial charge >= 0.3 is 0 Å². The second-order valence-electron chi connectivity index (χ2n) is 4.60. The molecule has 2 aromatic rings. The summed E-state index contributed by atoms with van der Waals surface area (Å²) in [6.45, 7) is 2.22. The zero-order chi connectivity index (χ0) is 13.7. The molecule has 0 amide bonds. The Balaban J connectivity index is 1.95. The van der Waals surface area contributed by atoms with Crippen molar-refractivity contribution in [3.8, 4) is 0 Å². The molecule has 0 radical (unpaired) electrons. The third-order valence-electron chi connectivity index (χ3n) is 3.05. The van der Waals surface area contributed by atoms with Crippen molar-refractivity contribution in [1.29, 1.82) is 0 Å². The van der Waals surface area contributed by atoms with E-state index in [1.807, 2.05) is 30.3 Å². The molecule has 0 saturated carbocycles. The maximum atomic E-state index is 9.50. The van der Waals surface area contributed by atoms with E-state index in [1.54, 1.807) is 11.3 Å². The first-order valence-corrected chi connectivity index (χ1v) is 7.54. The molecule has 2 N–H and O–H groups in total. The van der Waals surface area contributed by atoms with E-state index in [0.717, 1.165) is 10.8 Å². The average Bonchev–Trinajstić information content (AvgIpc) is 2.86. The lowest BCUT2D eigenvalue weighted by atomic mass is 10.1. The van der Waals surface area contributed by atoms with Crippen LogP contribution in [0.3, 0.4) is 0 Å². The number of rotatable bonds is 6. The molecule has 1 aromatic carbocycles. The van der Waals surface area contributed by atoms with Gasteiger partial charge in [-0.25, -0.2) is 0 Å². The number of hydrogen-bond donors (Lipinski definition) is 2. The van der Waals surface area contributed by atoms with Gasteiger partial charge in [0.2, 0.25) is 0 Å². The lowest BCUT2D eigenvalue weighted by molar-refractivity contribution is 0.233. The molecule has 0 saturated heterocycles. The summed E-state index contributed by atoms with van der Waals surface area (Å²) in [5.41, 5.74) is 1.23. The highest BCUT2D eigenvalue weighted by atomic mass is 35.5. The van der Waals surface area contributed by atoms with Crippen LogP contribution in [0.5, 0.6) is 0 Å². The van der Waals surface area contributed by atoms with Gasteiger partial charge in [-0.1, -0.05) is 41.9 Å². The first-order valence-electron chi connectivity index (χ1n) is 6.35. The Morgan fingerprint density at radius 2 is 1.95 bits per heavy atom. The predicted octanol–water partition coefficient (Wildman–Crippen LogP) is 3.66. The fourth-order valence-corrected chi connectivity index (χ4v) is 3.14. The van der Waals surface area contributed by atoms with Gasteiger partial charge in [-0.3, -0.25) is 0 Å². The molecule has 1 heterocycles. The van der Waals surface area contributed by atoms with Crippen molar-refractivity contribution >= 4 is 22.9 Å².